The van der Waals surface area contributed by atoms with Gasteiger partial charge in [0.05, 0.1) is 6.04 Å². The van der Waals surface area contributed by atoms with E-state index in [9.17, 15) is 0 Å². The maximum atomic E-state index is 6.96. The lowest BCUT2D eigenvalue weighted by molar-refractivity contribution is 0.575. The van der Waals surface area contributed by atoms with Crippen molar-refractivity contribution >= 4 is 43.3 Å². The molecule has 40 heavy (non-hydrogen) atoms. The average molecular weight is 550 g/mol. The van der Waals surface area contributed by atoms with Crippen LogP contribution in [0.15, 0.2) is 69.1 Å². The van der Waals surface area contributed by atoms with E-state index in [0.717, 1.165) is 32.4 Å². The molecule has 5 aromatic rings. The Kier molecular flexibility index (Phi) is 7.57. The molecule has 0 fully saturated rings. The monoisotopic (exact) mass is 549 g/mol. The molecule has 0 amide bonds. The highest BCUT2D eigenvalue weighted by molar-refractivity contribution is 7.39. The minimum absolute atomic E-state index is 0.0637. The summed E-state index contributed by atoms with van der Waals surface area (Å²) in [5.74, 6) is 0. The van der Waals surface area contributed by atoms with Gasteiger partial charge in [-0.1, -0.05) is 83.9 Å². The molecule has 206 valence electrons. The summed E-state index contributed by atoms with van der Waals surface area (Å²) < 4.78 is 16.3. The molecule has 5 rings (SSSR count). The average Bonchev–Trinajstić information content (AvgIpc) is 3.03. The van der Waals surface area contributed by atoms with Crippen molar-refractivity contribution in [2.24, 2.45) is 0 Å². The van der Waals surface area contributed by atoms with Crippen molar-refractivity contribution in [2.75, 3.05) is 4.67 Å². The van der Waals surface area contributed by atoms with Crippen LogP contribution in [0, 0.1) is 41.5 Å². The standard InChI is InChI=1S/C36H40NO2P/c1-21(2)37(36(30-17-22(3)15-23(4)18-30)31-19-24(5)16-25(6)20-31)40-38-32-13-11-26(7)28(9)34(32)35-29(10)27(8)12-14-33(35)39-40/h11-21,36H,7,9H2,1-6,8,10H3. The number of hydrogen-bond donors (Lipinski definition) is 0. The van der Waals surface area contributed by atoms with Crippen molar-refractivity contribution in [3.8, 4) is 0 Å². The van der Waals surface area contributed by atoms with Crippen molar-refractivity contribution in [1.29, 1.82) is 0 Å². The lowest BCUT2D eigenvalue weighted by Crippen LogP contribution is -2.33. The van der Waals surface area contributed by atoms with Gasteiger partial charge in [-0.2, -0.15) is 4.67 Å². The van der Waals surface area contributed by atoms with Gasteiger partial charge in [-0.25, -0.2) is 0 Å². The molecule has 0 aliphatic heterocycles. The first kappa shape index (κ1) is 28.0. The predicted molar refractivity (Wildman–Crippen MR) is 173 cm³/mol. The van der Waals surface area contributed by atoms with Crippen LogP contribution in [0.2, 0.25) is 0 Å². The lowest BCUT2D eigenvalue weighted by atomic mass is 9.93. The molecule has 1 heterocycles. The van der Waals surface area contributed by atoms with Crippen LogP contribution in [0.1, 0.15) is 64.4 Å². The second-order valence-corrected chi connectivity index (χ2v) is 12.9. The maximum Gasteiger partial charge on any atom is 0.310 e. The number of nitrogens with zero attached hydrogens (tertiary/aromatic N) is 1. The van der Waals surface area contributed by atoms with E-state index in [-0.39, 0.29) is 12.1 Å². The molecule has 1 unspecified atom stereocenters. The number of rotatable bonds is 5. The van der Waals surface area contributed by atoms with Crippen LogP contribution in [-0.4, -0.2) is 6.04 Å². The molecular formula is C36H40NO2P. The zero-order valence-corrected chi connectivity index (χ0v) is 25.9. The Balaban J connectivity index is 1.92. The molecule has 0 radical (unpaired) electrons. The van der Waals surface area contributed by atoms with Gasteiger partial charge in [0.25, 0.3) is 0 Å². The fraction of sp³-hybridized carbons (Fsp3) is 0.278. The topological polar surface area (TPSA) is 29.5 Å². The zero-order valence-electron chi connectivity index (χ0n) is 25.1. The number of benzene rings is 4. The summed E-state index contributed by atoms with van der Waals surface area (Å²) >= 11 is 0. The van der Waals surface area contributed by atoms with E-state index in [1.54, 1.807) is 0 Å². The highest BCUT2D eigenvalue weighted by Gasteiger charge is 2.31. The molecular weight excluding hydrogens is 509 g/mol. The third-order valence-corrected chi connectivity index (χ3v) is 9.55. The quantitative estimate of drug-likeness (QED) is 0.219. The van der Waals surface area contributed by atoms with Crippen LogP contribution in [0.5, 0.6) is 0 Å². The molecule has 0 aliphatic carbocycles. The summed E-state index contributed by atoms with van der Waals surface area (Å²) in [4.78, 5) is 0. The van der Waals surface area contributed by atoms with Crippen molar-refractivity contribution in [3.05, 3.63) is 116 Å². The molecule has 4 heteroatoms. The van der Waals surface area contributed by atoms with Gasteiger partial charge < -0.3 is 8.39 Å². The van der Waals surface area contributed by atoms with Crippen LogP contribution in [-0.2, 0) is 0 Å². The second kappa shape index (κ2) is 10.8. The molecule has 1 atom stereocenters. The number of fused-ring (bicyclic) bond motifs is 3. The Morgan fingerprint density at radius 3 is 1.62 bits per heavy atom. The summed E-state index contributed by atoms with van der Waals surface area (Å²) in [5, 5.41) is 3.80. The SMILES string of the molecule is C=c1ccc2op(N(C(C)C)C(c3cc(C)cc(C)c3)c3cc(C)cc(C)c3)oc3ccc(C)c(C)c3c2c1=C. The fourth-order valence-electron chi connectivity index (χ4n) is 5.89. The molecule has 0 aliphatic rings. The van der Waals surface area contributed by atoms with E-state index in [1.165, 1.54) is 44.5 Å². The highest BCUT2D eigenvalue weighted by atomic mass is 31.1. The molecule has 4 aromatic carbocycles. The Labute approximate surface area is 239 Å². The minimum Gasteiger partial charge on any atom is -0.408 e. The largest absolute Gasteiger partial charge is 0.408 e. The fourth-order valence-corrected chi connectivity index (χ4v) is 7.59. The molecule has 0 saturated carbocycles. The Morgan fingerprint density at radius 2 is 1.12 bits per heavy atom. The minimum atomic E-state index is -1.56. The van der Waals surface area contributed by atoms with Gasteiger partial charge >= 0.3 is 8.16 Å². The molecule has 0 bridgehead atoms. The van der Waals surface area contributed by atoms with Gasteiger partial charge in [0.15, 0.2) is 0 Å². The summed E-state index contributed by atoms with van der Waals surface area (Å²) in [5.41, 5.74) is 11.5. The third kappa shape index (κ3) is 5.17. The van der Waals surface area contributed by atoms with Gasteiger partial charge in [-0.3, -0.25) is 0 Å². The summed E-state index contributed by atoms with van der Waals surface area (Å²) in [7, 11) is -1.56. The molecule has 0 N–H and O–H groups in total. The van der Waals surface area contributed by atoms with E-state index in [2.05, 4.69) is 122 Å². The van der Waals surface area contributed by atoms with Gasteiger partial charge in [0.2, 0.25) is 0 Å². The van der Waals surface area contributed by atoms with E-state index in [4.69, 9.17) is 8.39 Å². The third-order valence-electron chi connectivity index (χ3n) is 7.77. The van der Waals surface area contributed by atoms with Crippen molar-refractivity contribution in [1.82, 2.24) is 0 Å². The summed E-state index contributed by atoms with van der Waals surface area (Å²) in [6.45, 7) is 26.1. The Morgan fingerprint density at radius 1 is 0.650 bits per heavy atom. The Hall–Kier alpha value is -3.52. The van der Waals surface area contributed by atoms with Gasteiger partial charge in [-0.15, -0.1) is 0 Å². The molecule has 1 aromatic heterocycles. The van der Waals surface area contributed by atoms with E-state index < -0.39 is 8.16 Å². The number of hydrogen-bond acceptors (Lipinski definition) is 3. The van der Waals surface area contributed by atoms with Gasteiger partial charge in [0, 0.05) is 16.8 Å². The van der Waals surface area contributed by atoms with Crippen LogP contribution < -0.4 is 15.1 Å². The van der Waals surface area contributed by atoms with E-state index in [1.807, 2.05) is 12.1 Å². The van der Waals surface area contributed by atoms with Crippen LogP contribution in [0.3, 0.4) is 0 Å². The zero-order chi connectivity index (χ0) is 28.9. The predicted octanol–water partition coefficient (Wildman–Crippen LogP) is 9.10. The smallest absolute Gasteiger partial charge is 0.310 e. The summed E-state index contributed by atoms with van der Waals surface area (Å²) in [6.07, 6.45) is 0. The number of aryl methyl sites for hydroxylation is 6. The van der Waals surface area contributed by atoms with Crippen LogP contribution in [0.25, 0.3) is 35.1 Å². The van der Waals surface area contributed by atoms with Gasteiger partial charge in [0.1, 0.15) is 11.2 Å². The Bertz CT molecular complexity index is 1810. The van der Waals surface area contributed by atoms with Crippen LogP contribution in [0.4, 0.5) is 0 Å². The first-order valence-electron chi connectivity index (χ1n) is 14.0. The summed E-state index contributed by atoms with van der Waals surface area (Å²) in [6, 6.07) is 22.0. The highest BCUT2D eigenvalue weighted by Crippen LogP contribution is 2.45. The van der Waals surface area contributed by atoms with E-state index >= 15 is 0 Å². The van der Waals surface area contributed by atoms with Crippen molar-refractivity contribution in [2.45, 2.75) is 67.5 Å². The first-order chi connectivity index (χ1) is 18.9. The van der Waals surface area contributed by atoms with Crippen LogP contribution >= 0.6 is 8.16 Å². The normalized spacial score (nSPS) is 12.3. The molecule has 0 spiro atoms. The first-order valence-corrected chi connectivity index (χ1v) is 15.1. The van der Waals surface area contributed by atoms with E-state index in [0.29, 0.717) is 0 Å². The molecule has 3 nitrogen and oxygen atoms in total. The lowest BCUT2D eigenvalue weighted by Gasteiger charge is -2.33. The van der Waals surface area contributed by atoms with Crippen molar-refractivity contribution < 1.29 is 8.39 Å². The second-order valence-electron chi connectivity index (χ2n) is 11.6. The molecule has 0 saturated heterocycles. The maximum absolute atomic E-state index is 6.96. The van der Waals surface area contributed by atoms with Crippen molar-refractivity contribution in [3.63, 3.8) is 0 Å². The van der Waals surface area contributed by atoms with Gasteiger partial charge in [-0.05, 0) is 100 Å².